The predicted octanol–water partition coefficient (Wildman–Crippen LogP) is 19.7. The number of furan rings is 1. The maximum Gasteiger partial charge on any atom is 0.252 e. The topological polar surface area (TPSA) is 26.2 Å². The highest BCUT2D eigenvalue weighted by Gasteiger charge is 2.45. The monoisotopic (exact) mass is 1090 g/mol. The Morgan fingerprint density at radius 2 is 0.894 bits per heavy atom. The van der Waals surface area contributed by atoms with Crippen LogP contribution in [0.2, 0.25) is 0 Å². The summed E-state index contributed by atoms with van der Waals surface area (Å²) in [5, 5.41) is 7.07. The smallest absolute Gasteiger partial charge is 0.252 e. The fraction of sp³-hybridized carbons (Fsp3) is 0.100. The minimum atomic E-state index is -0.234. The van der Waals surface area contributed by atoms with Crippen LogP contribution in [0.5, 0.6) is 0 Å². The summed E-state index contributed by atoms with van der Waals surface area (Å²) in [6.07, 6.45) is 0. The first-order valence-electron chi connectivity index (χ1n) is 29.9. The summed E-state index contributed by atoms with van der Waals surface area (Å²) >= 11 is 0. The second-order valence-electron chi connectivity index (χ2n) is 25.6. The van der Waals surface area contributed by atoms with Crippen LogP contribution >= 0.6 is 0 Å². The van der Waals surface area contributed by atoms with Crippen molar-refractivity contribution in [2.75, 3.05) is 4.90 Å². The molecule has 0 N–H and O–H groups in total. The lowest BCUT2D eigenvalue weighted by atomic mass is 9.33. The van der Waals surface area contributed by atoms with Gasteiger partial charge in [0.15, 0.2) is 5.58 Å². The van der Waals surface area contributed by atoms with Crippen molar-refractivity contribution >= 4 is 106 Å². The fourth-order valence-electron chi connectivity index (χ4n) is 14.5. The van der Waals surface area contributed by atoms with Gasteiger partial charge in [0.2, 0.25) is 0 Å². The molecule has 5 heteroatoms. The minimum Gasteiger partial charge on any atom is -0.454 e. The van der Waals surface area contributed by atoms with E-state index >= 15 is 0 Å². The third-order valence-electron chi connectivity index (χ3n) is 18.6. The molecule has 404 valence electrons. The molecule has 85 heavy (non-hydrogen) atoms. The Bertz CT molecular complexity index is 5150. The summed E-state index contributed by atoms with van der Waals surface area (Å²) in [5.74, 6) is 0. The Morgan fingerprint density at radius 1 is 0.341 bits per heavy atom. The highest BCUT2D eigenvalue weighted by molar-refractivity contribution is 7.00. The molecule has 0 bridgehead atoms. The van der Waals surface area contributed by atoms with Crippen molar-refractivity contribution in [2.45, 2.75) is 52.4 Å². The summed E-state index contributed by atoms with van der Waals surface area (Å²) in [6.45, 7) is 13.7. The van der Waals surface area contributed by atoms with Crippen LogP contribution in [0.1, 0.15) is 52.7 Å². The lowest BCUT2D eigenvalue weighted by Gasteiger charge is -2.42. The number of hydrogen-bond acceptors (Lipinski definition) is 2. The summed E-state index contributed by atoms with van der Waals surface area (Å²) in [7, 11) is 0. The highest BCUT2D eigenvalue weighted by Crippen LogP contribution is 2.52. The zero-order chi connectivity index (χ0) is 57.0. The number of nitrogens with zero attached hydrogens (tertiary/aromatic N) is 3. The van der Waals surface area contributed by atoms with E-state index in [1.165, 1.54) is 99.0 Å². The number of para-hydroxylation sites is 4. The third kappa shape index (κ3) is 7.42. The van der Waals surface area contributed by atoms with Gasteiger partial charge in [-0.05, 0) is 132 Å². The molecule has 0 aliphatic carbocycles. The molecular formula is C80H60BN3O. The van der Waals surface area contributed by atoms with Crippen LogP contribution in [0.4, 0.5) is 17.1 Å². The average molecular weight is 1090 g/mol. The van der Waals surface area contributed by atoms with E-state index in [2.05, 4.69) is 310 Å². The van der Waals surface area contributed by atoms with E-state index in [9.17, 15) is 0 Å². The number of fused-ring (bicyclic) bond motifs is 14. The second kappa shape index (κ2) is 18.2. The van der Waals surface area contributed by atoms with Gasteiger partial charge >= 0.3 is 0 Å². The van der Waals surface area contributed by atoms with Crippen LogP contribution in [0, 0.1) is 0 Å². The molecule has 0 atom stereocenters. The number of rotatable bonds is 6. The summed E-state index contributed by atoms with van der Waals surface area (Å²) in [5.41, 5.74) is 27.6. The molecule has 0 amide bonds. The molecule has 15 aromatic rings. The van der Waals surface area contributed by atoms with Gasteiger partial charge in [0, 0.05) is 66.0 Å². The Balaban J connectivity index is 1.07. The predicted molar refractivity (Wildman–Crippen MR) is 361 cm³/mol. The van der Waals surface area contributed by atoms with Gasteiger partial charge < -0.3 is 18.5 Å². The summed E-state index contributed by atoms with van der Waals surface area (Å²) in [6, 6.07) is 95.8. The fourth-order valence-corrected chi connectivity index (χ4v) is 14.5. The van der Waals surface area contributed by atoms with E-state index in [1.807, 2.05) is 0 Å². The molecular weight excluding hydrogens is 1030 g/mol. The number of aromatic nitrogens is 2. The lowest BCUT2D eigenvalue weighted by Crippen LogP contribution is -2.60. The molecule has 0 saturated carbocycles. The van der Waals surface area contributed by atoms with Crippen molar-refractivity contribution in [1.29, 1.82) is 0 Å². The van der Waals surface area contributed by atoms with Crippen molar-refractivity contribution < 1.29 is 4.42 Å². The molecule has 2 aliphatic heterocycles. The molecule has 5 heterocycles. The van der Waals surface area contributed by atoms with Crippen molar-refractivity contribution in [3.8, 4) is 55.9 Å². The molecule has 0 spiro atoms. The summed E-state index contributed by atoms with van der Waals surface area (Å²) in [4.78, 5) is 2.67. The van der Waals surface area contributed by atoms with Crippen molar-refractivity contribution in [3.63, 3.8) is 0 Å². The molecule has 0 unspecified atom stereocenters. The largest absolute Gasteiger partial charge is 0.454 e. The van der Waals surface area contributed by atoms with E-state index in [0.29, 0.717) is 0 Å². The van der Waals surface area contributed by atoms with Gasteiger partial charge in [-0.1, -0.05) is 236 Å². The zero-order valence-electron chi connectivity index (χ0n) is 48.6. The van der Waals surface area contributed by atoms with Gasteiger partial charge in [-0.3, -0.25) is 0 Å². The quantitative estimate of drug-likeness (QED) is 0.155. The zero-order valence-corrected chi connectivity index (χ0v) is 48.6. The minimum absolute atomic E-state index is 0.0752. The molecule has 0 radical (unpaired) electrons. The van der Waals surface area contributed by atoms with Crippen LogP contribution in [0.25, 0.3) is 121 Å². The first kappa shape index (κ1) is 49.5. The van der Waals surface area contributed by atoms with Crippen molar-refractivity contribution in [3.05, 3.63) is 266 Å². The van der Waals surface area contributed by atoms with Crippen LogP contribution in [-0.4, -0.2) is 15.8 Å². The normalized spacial score (nSPS) is 13.0. The maximum atomic E-state index is 7.41. The standard InChI is InChI=1S/C80H60BN3O/c1-79(2,3)55-28-19-26-52(42-55)58-33-21-34-59(53-27-20-29-56(43-53)80(4,5)6)75(58)83-71-41-39-57(82-68-35-16-13-30-60(68)61-31-14-17-36-69(61)82)47-66(71)81-67-46-54(50-24-11-8-12-25-50)45-64-63-44-51(49-22-9-7-10-23-49)38-40-70(63)84(76(64)67)77-74(81)72(83)48-65-62-32-15-18-37-73(62)85-78(65)77/h7-48H,1-6H3. The third-order valence-corrected chi connectivity index (χ3v) is 18.6. The van der Waals surface area contributed by atoms with E-state index in [4.69, 9.17) is 4.42 Å². The molecule has 0 fully saturated rings. The van der Waals surface area contributed by atoms with Gasteiger partial charge in [-0.2, -0.15) is 0 Å². The molecule has 12 aromatic carbocycles. The van der Waals surface area contributed by atoms with Gasteiger partial charge in [-0.25, -0.2) is 0 Å². The van der Waals surface area contributed by atoms with Crippen molar-refractivity contribution in [2.24, 2.45) is 0 Å². The van der Waals surface area contributed by atoms with Crippen LogP contribution < -0.4 is 21.3 Å². The molecule has 3 aromatic heterocycles. The molecule has 4 nitrogen and oxygen atoms in total. The van der Waals surface area contributed by atoms with Gasteiger partial charge in [0.1, 0.15) is 5.58 Å². The van der Waals surface area contributed by atoms with Crippen molar-refractivity contribution in [1.82, 2.24) is 9.13 Å². The van der Waals surface area contributed by atoms with E-state index in [1.54, 1.807) is 0 Å². The van der Waals surface area contributed by atoms with E-state index < -0.39 is 0 Å². The average Bonchev–Trinajstić information content (AvgIpc) is 1.65. The van der Waals surface area contributed by atoms with Crippen LogP contribution in [0.15, 0.2) is 259 Å². The van der Waals surface area contributed by atoms with Gasteiger partial charge in [0.05, 0.1) is 27.9 Å². The second-order valence-corrected chi connectivity index (χ2v) is 25.6. The Kier molecular flexibility index (Phi) is 10.6. The number of hydrogen-bond donors (Lipinski definition) is 0. The van der Waals surface area contributed by atoms with Gasteiger partial charge in [-0.15, -0.1) is 0 Å². The Morgan fingerprint density at radius 3 is 1.54 bits per heavy atom. The maximum absolute atomic E-state index is 7.41. The number of anilines is 3. The first-order chi connectivity index (χ1) is 41.4. The number of benzene rings is 12. The van der Waals surface area contributed by atoms with Gasteiger partial charge in [0.25, 0.3) is 6.71 Å². The highest BCUT2D eigenvalue weighted by atomic mass is 16.3. The SMILES string of the molecule is CC(C)(C)c1cccc(-c2cccc(-c3cccc(C(C)(C)C)c3)c2N2c3ccc(-n4c5ccccc5c5ccccc54)cc3B3c4c2cc2c(oc5ccccc52)c4-n2c4ccc(-c5ccccc5)cc4c4cc(-c5ccccc5)cc3c42)c1. The Hall–Kier alpha value is -10.1. The first-order valence-corrected chi connectivity index (χ1v) is 29.9. The Labute approximate surface area is 495 Å². The summed E-state index contributed by atoms with van der Waals surface area (Å²) < 4.78 is 12.5. The van der Waals surface area contributed by atoms with Crippen LogP contribution in [-0.2, 0) is 10.8 Å². The van der Waals surface area contributed by atoms with Crippen LogP contribution in [0.3, 0.4) is 0 Å². The lowest BCUT2D eigenvalue weighted by molar-refractivity contribution is 0.590. The molecule has 0 saturated heterocycles. The molecule has 17 rings (SSSR count). The molecule has 2 aliphatic rings. The van der Waals surface area contributed by atoms with E-state index in [-0.39, 0.29) is 17.5 Å². The van der Waals surface area contributed by atoms with E-state index in [0.717, 1.165) is 67.0 Å².